The van der Waals surface area contributed by atoms with Gasteiger partial charge in [-0.2, -0.15) is 5.10 Å². The van der Waals surface area contributed by atoms with Gasteiger partial charge in [0.15, 0.2) is 6.61 Å². The number of nitrogens with zero attached hydrogens (tertiary/aromatic N) is 2. The number of halogens is 3. The molecule has 0 fully saturated rings. The van der Waals surface area contributed by atoms with Crippen LogP contribution in [-0.4, -0.2) is 28.3 Å². The molecule has 31 heavy (non-hydrogen) atoms. The minimum Gasteiger partial charge on any atom is -0.451 e. The summed E-state index contributed by atoms with van der Waals surface area (Å²) in [4.78, 5) is 25.6. The van der Waals surface area contributed by atoms with E-state index in [9.17, 15) is 14.0 Å². The van der Waals surface area contributed by atoms with E-state index < -0.39 is 24.3 Å². The van der Waals surface area contributed by atoms with Crippen molar-refractivity contribution in [3.05, 3.63) is 75.0 Å². The fourth-order valence-corrected chi connectivity index (χ4v) is 4.37. The average molecular weight is 478 g/mol. The van der Waals surface area contributed by atoms with Gasteiger partial charge in [-0.3, -0.25) is 4.79 Å². The average Bonchev–Trinajstić information content (AvgIpc) is 3.30. The maximum atomic E-state index is 13.2. The first kappa shape index (κ1) is 21.3. The zero-order valence-corrected chi connectivity index (χ0v) is 18.3. The number of amides is 1. The molecule has 0 aliphatic heterocycles. The number of rotatable bonds is 5. The predicted molar refractivity (Wildman–Crippen MR) is 119 cm³/mol. The van der Waals surface area contributed by atoms with E-state index in [2.05, 4.69) is 10.4 Å². The number of ether oxygens (including phenoxy) is 1. The van der Waals surface area contributed by atoms with Crippen LogP contribution < -0.4 is 5.32 Å². The Hall–Kier alpha value is -2.94. The molecule has 0 saturated heterocycles. The standard InChI is InChI=1S/C21H14Cl2FN3O3S/c1-11-13-9-18(31-20(13)27(26-11)17-5-3-2-4-14(17)22)21(29)30-10-19(28)25-12-6-7-16(24)15(23)8-12/h2-9H,10H2,1H3,(H,25,28). The van der Waals surface area contributed by atoms with Crippen molar-refractivity contribution in [2.45, 2.75) is 6.92 Å². The van der Waals surface area contributed by atoms with Gasteiger partial charge in [-0.15, -0.1) is 11.3 Å². The summed E-state index contributed by atoms with van der Waals surface area (Å²) in [5.41, 5.74) is 1.72. The van der Waals surface area contributed by atoms with Gasteiger partial charge in [0.2, 0.25) is 0 Å². The van der Waals surface area contributed by atoms with Gasteiger partial charge in [0.25, 0.3) is 5.91 Å². The van der Waals surface area contributed by atoms with Crippen molar-refractivity contribution >= 4 is 62.3 Å². The highest BCUT2D eigenvalue weighted by Gasteiger charge is 2.20. The summed E-state index contributed by atoms with van der Waals surface area (Å²) >= 11 is 13.2. The highest BCUT2D eigenvalue weighted by Crippen LogP contribution is 2.32. The first-order valence-electron chi connectivity index (χ1n) is 8.99. The van der Waals surface area contributed by atoms with Crippen LogP contribution >= 0.6 is 34.5 Å². The number of aromatic nitrogens is 2. The molecule has 0 spiro atoms. The molecule has 158 valence electrons. The molecule has 2 aromatic heterocycles. The number of aryl methyl sites for hydroxylation is 1. The van der Waals surface area contributed by atoms with E-state index in [1.54, 1.807) is 16.8 Å². The van der Waals surface area contributed by atoms with E-state index in [-0.39, 0.29) is 5.02 Å². The zero-order chi connectivity index (χ0) is 22.1. The molecule has 0 aliphatic rings. The number of nitrogens with one attached hydrogen (secondary N) is 1. The van der Waals surface area contributed by atoms with Crippen LogP contribution in [0.25, 0.3) is 15.9 Å². The molecule has 0 aliphatic carbocycles. The van der Waals surface area contributed by atoms with Gasteiger partial charge in [0, 0.05) is 11.1 Å². The number of thiophene rings is 1. The maximum Gasteiger partial charge on any atom is 0.348 e. The van der Waals surface area contributed by atoms with Crippen LogP contribution in [0.5, 0.6) is 0 Å². The highest BCUT2D eigenvalue weighted by molar-refractivity contribution is 7.20. The maximum absolute atomic E-state index is 13.2. The van der Waals surface area contributed by atoms with Gasteiger partial charge < -0.3 is 10.1 Å². The van der Waals surface area contributed by atoms with Crippen molar-refractivity contribution in [1.29, 1.82) is 0 Å². The molecule has 0 radical (unpaired) electrons. The van der Waals surface area contributed by atoms with E-state index in [1.165, 1.54) is 23.5 Å². The Morgan fingerprint density at radius 1 is 1.16 bits per heavy atom. The third kappa shape index (κ3) is 4.41. The fraction of sp³-hybridized carbons (Fsp3) is 0.0952. The van der Waals surface area contributed by atoms with Crippen molar-refractivity contribution in [3.8, 4) is 5.69 Å². The van der Waals surface area contributed by atoms with E-state index in [0.29, 0.717) is 21.3 Å². The van der Waals surface area contributed by atoms with Gasteiger partial charge in [0.1, 0.15) is 15.5 Å². The minimum absolute atomic E-state index is 0.122. The molecule has 0 atom stereocenters. The number of benzene rings is 2. The quantitative estimate of drug-likeness (QED) is 0.377. The number of fused-ring (bicyclic) bond motifs is 1. The Morgan fingerprint density at radius 2 is 1.94 bits per heavy atom. The lowest BCUT2D eigenvalue weighted by Gasteiger charge is -2.07. The number of carbonyl (C=O) groups is 2. The minimum atomic E-state index is -0.640. The molecule has 1 amide bonds. The molecule has 2 aromatic carbocycles. The molecule has 4 rings (SSSR count). The molecule has 4 aromatic rings. The normalized spacial score (nSPS) is 11.0. The van der Waals surface area contributed by atoms with E-state index in [0.717, 1.165) is 22.0 Å². The smallest absolute Gasteiger partial charge is 0.348 e. The Kier molecular flexibility index (Phi) is 5.95. The second-order valence-electron chi connectivity index (χ2n) is 6.53. The molecule has 0 bridgehead atoms. The molecular weight excluding hydrogens is 464 g/mol. The van der Waals surface area contributed by atoms with Crippen LogP contribution in [-0.2, 0) is 9.53 Å². The van der Waals surface area contributed by atoms with Crippen molar-refractivity contribution in [2.75, 3.05) is 11.9 Å². The molecule has 1 N–H and O–H groups in total. The Morgan fingerprint density at radius 3 is 2.68 bits per heavy atom. The number of carbonyl (C=O) groups excluding carboxylic acids is 2. The van der Waals surface area contributed by atoms with Crippen LogP contribution in [0.2, 0.25) is 10.0 Å². The zero-order valence-electron chi connectivity index (χ0n) is 16.0. The first-order chi connectivity index (χ1) is 14.8. The Labute approximate surface area is 190 Å². The largest absolute Gasteiger partial charge is 0.451 e. The number of para-hydroxylation sites is 1. The predicted octanol–water partition coefficient (Wildman–Crippen LogP) is 5.64. The molecule has 6 nitrogen and oxygen atoms in total. The van der Waals surface area contributed by atoms with Crippen LogP contribution in [0.1, 0.15) is 15.4 Å². The van der Waals surface area contributed by atoms with Gasteiger partial charge in [0.05, 0.1) is 21.4 Å². The monoisotopic (exact) mass is 477 g/mol. The summed E-state index contributed by atoms with van der Waals surface area (Å²) < 4.78 is 20.0. The number of anilines is 1. The van der Waals surface area contributed by atoms with E-state index in [1.807, 2.05) is 25.1 Å². The third-order valence-electron chi connectivity index (χ3n) is 4.36. The van der Waals surface area contributed by atoms with E-state index >= 15 is 0 Å². The number of esters is 1. The second-order valence-corrected chi connectivity index (χ2v) is 8.38. The molecule has 0 unspecified atom stereocenters. The highest BCUT2D eigenvalue weighted by atomic mass is 35.5. The summed E-state index contributed by atoms with van der Waals surface area (Å²) in [6.45, 7) is 1.33. The summed E-state index contributed by atoms with van der Waals surface area (Å²) in [5, 5.41) is 8.20. The Balaban J connectivity index is 1.48. The lowest BCUT2D eigenvalue weighted by molar-refractivity contribution is -0.119. The van der Waals surface area contributed by atoms with Crippen molar-refractivity contribution in [3.63, 3.8) is 0 Å². The number of hydrogen-bond acceptors (Lipinski definition) is 5. The molecular formula is C21H14Cl2FN3O3S. The van der Waals surface area contributed by atoms with Gasteiger partial charge >= 0.3 is 5.97 Å². The molecule has 10 heteroatoms. The summed E-state index contributed by atoms with van der Waals surface area (Å²) in [6, 6.07) is 12.7. The van der Waals surface area contributed by atoms with Crippen LogP contribution in [0, 0.1) is 12.7 Å². The number of hydrogen-bond donors (Lipinski definition) is 1. The van der Waals surface area contributed by atoms with Gasteiger partial charge in [-0.25, -0.2) is 13.9 Å². The van der Waals surface area contributed by atoms with Gasteiger partial charge in [-0.1, -0.05) is 35.3 Å². The van der Waals surface area contributed by atoms with E-state index in [4.69, 9.17) is 27.9 Å². The topological polar surface area (TPSA) is 73.2 Å². The van der Waals surface area contributed by atoms with Gasteiger partial charge in [-0.05, 0) is 43.3 Å². The summed E-state index contributed by atoms with van der Waals surface area (Å²) in [7, 11) is 0. The summed E-state index contributed by atoms with van der Waals surface area (Å²) in [6.07, 6.45) is 0. The van der Waals surface area contributed by atoms with Crippen LogP contribution in [0.15, 0.2) is 48.5 Å². The SMILES string of the molecule is Cc1nn(-c2ccccc2Cl)c2sc(C(=O)OCC(=O)Nc3ccc(F)c(Cl)c3)cc12. The fourth-order valence-electron chi connectivity index (χ4n) is 2.91. The summed E-state index contributed by atoms with van der Waals surface area (Å²) in [5.74, 6) is -1.81. The lowest BCUT2D eigenvalue weighted by Crippen LogP contribution is -2.20. The van der Waals surface area contributed by atoms with Crippen molar-refractivity contribution < 1.29 is 18.7 Å². The van der Waals surface area contributed by atoms with Crippen molar-refractivity contribution in [1.82, 2.24) is 9.78 Å². The Bertz CT molecular complexity index is 1320. The van der Waals surface area contributed by atoms with Crippen LogP contribution in [0.3, 0.4) is 0 Å². The second kappa shape index (κ2) is 8.66. The first-order valence-corrected chi connectivity index (χ1v) is 10.6. The van der Waals surface area contributed by atoms with Crippen LogP contribution in [0.4, 0.5) is 10.1 Å². The lowest BCUT2D eigenvalue weighted by atomic mass is 10.3. The molecule has 2 heterocycles. The molecule has 0 saturated carbocycles. The van der Waals surface area contributed by atoms with Crippen molar-refractivity contribution in [2.24, 2.45) is 0 Å². The third-order valence-corrected chi connectivity index (χ3v) is 6.06.